The molecule has 0 aliphatic carbocycles. The third-order valence-corrected chi connectivity index (χ3v) is 2.83. The minimum Gasteiger partial charge on any atom is -0.336 e. The van der Waals surface area contributed by atoms with Crippen molar-refractivity contribution in [3.63, 3.8) is 0 Å². The molecule has 1 amide bonds. The van der Waals surface area contributed by atoms with Crippen molar-refractivity contribution in [1.29, 1.82) is 0 Å². The molecule has 1 fully saturated rings. The maximum Gasteiger partial charge on any atom is 0.291 e. The SMILES string of the molecule is CC1CCN(C(=O)c2ncccn2)CC1. The molecule has 2 heterocycles. The van der Waals surface area contributed by atoms with E-state index in [2.05, 4.69) is 16.9 Å². The quantitative estimate of drug-likeness (QED) is 0.695. The van der Waals surface area contributed by atoms with Crippen LogP contribution >= 0.6 is 0 Å². The van der Waals surface area contributed by atoms with Gasteiger partial charge in [-0.2, -0.15) is 0 Å². The van der Waals surface area contributed by atoms with Crippen LogP contribution < -0.4 is 0 Å². The maximum absolute atomic E-state index is 11.9. The summed E-state index contributed by atoms with van der Waals surface area (Å²) in [5, 5.41) is 0. The molecule has 15 heavy (non-hydrogen) atoms. The summed E-state index contributed by atoms with van der Waals surface area (Å²) in [4.78, 5) is 21.7. The average Bonchev–Trinajstić information content (AvgIpc) is 2.30. The molecule has 0 spiro atoms. The van der Waals surface area contributed by atoms with Crippen LogP contribution in [0.25, 0.3) is 0 Å². The maximum atomic E-state index is 11.9. The van der Waals surface area contributed by atoms with Gasteiger partial charge >= 0.3 is 0 Å². The summed E-state index contributed by atoms with van der Waals surface area (Å²) >= 11 is 0. The summed E-state index contributed by atoms with van der Waals surface area (Å²) in [7, 11) is 0. The lowest BCUT2D eigenvalue weighted by Crippen LogP contribution is -2.38. The van der Waals surface area contributed by atoms with Crippen molar-refractivity contribution >= 4 is 5.91 Å². The highest BCUT2D eigenvalue weighted by Crippen LogP contribution is 2.16. The normalized spacial score (nSPS) is 17.8. The van der Waals surface area contributed by atoms with E-state index in [1.54, 1.807) is 18.5 Å². The van der Waals surface area contributed by atoms with Gasteiger partial charge in [0, 0.05) is 25.5 Å². The second kappa shape index (κ2) is 4.38. The van der Waals surface area contributed by atoms with Crippen LogP contribution in [0.4, 0.5) is 0 Å². The number of aromatic nitrogens is 2. The number of carbonyl (C=O) groups is 1. The molecule has 0 radical (unpaired) electrons. The zero-order valence-corrected chi connectivity index (χ0v) is 8.89. The molecule has 1 saturated heterocycles. The van der Waals surface area contributed by atoms with Gasteiger partial charge in [0.15, 0.2) is 0 Å². The molecule has 4 heteroatoms. The predicted molar refractivity (Wildman–Crippen MR) is 56.3 cm³/mol. The van der Waals surface area contributed by atoms with E-state index in [0.29, 0.717) is 5.82 Å². The third kappa shape index (κ3) is 2.32. The minimum atomic E-state index is -0.0394. The number of hydrogen-bond acceptors (Lipinski definition) is 3. The van der Waals surface area contributed by atoms with E-state index in [4.69, 9.17) is 0 Å². The Morgan fingerprint density at radius 1 is 1.33 bits per heavy atom. The molecule has 0 saturated carbocycles. The molecular formula is C11H15N3O. The van der Waals surface area contributed by atoms with Gasteiger partial charge in [-0.1, -0.05) is 6.92 Å². The molecule has 0 bridgehead atoms. The van der Waals surface area contributed by atoms with Gasteiger partial charge in [-0.15, -0.1) is 0 Å². The highest BCUT2D eigenvalue weighted by atomic mass is 16.2. The van der Waals surface area contributed by atoms with Crippen LogP contribution in [0.15, 0.2) is 18.5 Å². The Morgan fingerprint density at radius 3 is 2.53 bits per heavy atom. The molecule has 80 valence electrons. The van der Waals surface area contributed by atoms with Gasteiger partial charge in [-0.25, -0.2) is 9.97 Å². The molecule has 0 N–H and O–H groups in total. The zero-order chi connectivity index (χ0) is 10.7. The second-order valence-electron chi connectivity index (χ2n) is 4.05. The summed E-state index contributed by atoms with van der Waals surface area (Å²) in [5.74, 6) is 1.00. The Morgan fingerprint density at radius 2 is 1.93 bits per heavy atom. The summed E-state index contributed by atoms with van der Waals surface area (Å²) in [5.41, 5.74) is 0. The summed E-state index contributed by atoms with van der Waals surface area (Å²) in [6.45, 7) is 3.89. The number of carbonyl (C=O) groups excluding carboxylic acids is 1. The monoisotopic (exact) mass is 205 g/mol. The Labute approximate surface area is 89.3 Å². The largest absolute Gasteiger partial charge is 0.336 e. The van der Waals surface area contributed by atoms with Crippen LogP contribution in [-0.4, -0.2) is 33.9 Å². The molecule has 0 aromatic carbocycles. The van der Waals surface area contributed by atoms with Gasteiger partial charge in [-0.3, -0.25) is 4.79 Å². The number of rotatable bonds is 1. The number of nitrogens with zero attached hydrogens (tertiary/aromatic N) is 3. The zero-order valence-electron chi connectivity index (χ0n) is 8.89. The van der Waals surface area contributed by atoms with E-state index in [-0.39, 0.29) is 5.91 Å². The van der Waals surface area contributed by atoms with Gasteiger partial charge < -0.3 is 4.90 Å². The van der Waals surface area contributed by atoms with E-state index in [1.165, 1.54) is 0 Å². The van der Waals surface area contributed by atoms with E-state index >= 15 is 0 Å². The lowest BCUT2D eigenvalue weighted by atomic mass is 9.99. The molecule has 1 aromatic rings. The molecule has 2 rings (SSSR count). The summed E-state index contributed by atoms with van der Waals surface area (Å²) in [6.07, 6.45) is 5.37. The van der Waals surface area contributed by atoms with Gasteiger partial charge in [0.2, 0.25) is 5.82 Å². The Balaban J connectivity index is 2.03. The number of likely N-dealkylation sites (tertiary alicyclic amines) is 1. The van der Waals surface area contributed by atoms with Crippen LogP contribution in [0.5, 0.6) is 0 Å². The van der Waals surface area contributed by atoms with Crippen molar-refractivity contribution in [3.05, 3.63) is 24.3 Å². The standard InChI is InChI=1S/C11H15N3O/c1-9-3-7-14(8-4-9)11(15)10-12-5-2-6-13-10/h2,5-6,9H,3-4,7-8H2,1H3. The molecule has 4 nitrogen and oxygen atoms in total. The van der Waals surface area contributed by atoms with Crippen LogP contribution in [0.1, 0.15) is 30.4 Å². The van der Waals surface area contributed by atoms with Gasteiger partial charge in [-0.05, 0) is 24.8 Å². The Bertz CT molecular complexity index is 331. The van der Waals surface area contributed by atoms with Crippen molar-refractivity contribution in [2.24, 2.45) is 5.92 Å². The fourth-order valence-electron chi connectivity index (χ4n) is 1.76. The summed E-state index contributed by atoms with van der Waals surface area (Å²) < 4.78 is 0. The Hall–Kier alpha value is -1.45. The van der Waals surface area contributed by atoms with E-state index in [9.17, 15) is 4.79 Å². The third-order valence-electron chi connectivity index (χ3n) is 2.83. The van der Waals surface area contributed by atoms with Crippen molar-refractivity contribution in [1.82, 2.24) is 14.9 Å². The lowest BCUT2D eigenvalue weighted by Gasteiger charge is -2.29. The van der Waals surface area contributed by atoms with Gasteiger partial charge in [0.05, 0.1) is 0 Å². The average molecular weight is 205 g/mol. The van der Waals surface area contributed by atoms with Crippen LogP contribution in [0, 0.1) is 5.92 Å². The number of piperidine rings is 1. The van der Waals surface area contributed by atoms with Crippen molar-refractivity contribution in [2.75, 3.05) is 13.1 Å². The molecule has 0 unspecified atom stereocenters. The van der Waals surface area contributed by atoms with Crippen molar-refractivity contribution in [2.45, 2.75) is 19.8 Å². The van der Waals surface area contributed by atoms with E-state index in [1.807, 2.05) is 4.90 Å². The Kier molecular flexibility index (Phi) is 2.94. The van der Waals surface area contributed by atoms with Crippen LogP contribution in [0.2, 0.25) is 0 Å². The topological polar surface area (TPSA) is 46.1 Å². The van der Waals surface area contributed by atoms with Crippen LogP contribution in [-0.2, 0) is 0 Å². The molecule has 1 aromatic heterocycles. The predicted octanol–water partition coefficient (Wildman–Crippen LogP) is 1.35. The second-order valence-corrected chi connectivity index (χ2v) is 4.05. The lowest BCUT2D eigenvalue weighted by molar-refractivity contribution is 0.0684. The number of hydrogen-bond donors (Lipinski definition) is 0. The highest BCUT2D eigenvalue weighted by Gasteiger charge is 2.22. The smallest absolute Gasteiger partial charge is 0.291 e. The van der Waals surface area contributed by atoms with Crippen molar-refractivity contribution < 1.29 is 4.79 Å². The first-order valence-electron chi connectivity index (χ1n) is 5.33. The van der Waals surface area contributed by atoms with Gasteiger partial charge in [0.1, 0.15) is 0 Å². The van der Waals surface area contributed by atoms with Crippen LogP contribution in [0.3, 0.4) is 0 Å². The molecule has 0 atom stereocenters. The first-order valence-corrected chi connectivity index (χ1v) is 5.33. The van der Waals surface area contributed by atoms with Crippen molar-refractivity contribution in [3.8, 4) is 0 Å². The summed E-state index contributed by atoms with van der Waals surface area (Å²) in [6, 6.07) is 1.72. The van der Waals surface area contributed by atoms with E-state index in [0.717, 1.165) is 31.8 Å². The molecule has 1 aliphatic heterocycles. The molecule has 1 aliphatic rings. The van der Waals surface area contributed by atoms with E-state index < -0.39 is 0 Å². The molecular weight excluding hydrogens is 190 g/mol. The first kappa shape index (κ1) is 10.1. The minimum absolute atomic E-state index is 0.0394. The van der Waals surface area contributed by atoms with Gasteiger partial charge in [0.25, 0.3) is 5.91 Å². The first-order chi connectivity index (χ1) is 7.27. The fraction of sp³-hybridized carbons (Fsp3) is 0.545. The highest BCUT2D eigenvalue weighted by molar-refractivity contribution is 5.90. The fourth-order valence-corrected chi connectivity index (χ4v) is 1.76. The number of amides is 1.